The smallest absolute Gasteiger partial charge is 0.118 e. The largest absolute Gasteiger partial charge is 0.508 e. The molecule has 14 heavy (non-hydrogen) atoms. The van der Waals surface area contributed by atoms with Gasteiger partial charge >= 0.3 is 0 Å². The summed E-state index contributed by atoms with van der Waals surface area (Å²) >= 11 is 0. The number of aryl methyl sites for hydroxylation is 1. The quantitative estimate of drug-likeness (QED) is 0.680. The molecular weight excluding hydrogens is 174 g/mol. The maximum absolute atomic E-state index is 9.50. The summed E-state index contributed by atoms with van der Waals surface area (Å²) in [5.74, 6) is 0.427. The van der Waals surface area contributed by atoms with Crippen molar-refractivity contribution in [2.45, 2.75) is 26.2 Å². The molecular formula is C12H19NO. The van der Waals surface area contributed by atoms with Gasteiger partial charge in [0.15, 0.2) is 0 Å². The molecule has 2 N–H and O–H groups in total. The van der Waals surface area contributed by atoms with Crippen LogP contribution >= 0.6 is 0 Å². The van der Waals surface area contributed by atoms with Gasteiger partial charge in [0.1, 0.15) is 5.75 Å². The van der Waals surface area contributed by atoms with Gasteiger partial charge in [-0.05, 0) is 44.0 Å². The van der Waals surface area contributed by atoms with Gasteiger partial charge in [-0.15, -0.1) is 0 Å². The summed E-state index contributed by atoms with van der Waals surface area (Å²) in [5.41, 5.74) is 1.06. The average molecular weight is 193 g/mol. The summed E-state index contributed by atoms with van der Waals surface area (Å²) in [5, 5.41) is 12.8. The lowest BCUT2D eigenvalue weighted by Crippen LogP contribution is -2.13. The number of aromatic hydroxyl groups is 1. The van der Waals surface area contributed by atoms with Crippen LogP contribution < -0.4 is 5.32 Å². The predicted octanol–water partition coefficient (Wildman–Crippen LogP) is 2.32. The van der Waals surface area contributed by atoms with Crippen LogP contribution in [0.1, 0.15) is 25.3 Å². The third kappa shape index (κ3) is 3.79. The van der Waals surface area contributed by atoms with Crippen molar-refractivity contribution in [2.75, 3.05) is 13.1 Å². The van der Waals surface area contributed by atoms with E-state index in [9.17, 15) is 5.11 Å². The monoisotopic (exact) mass is 193 g/mol. The Morgan fingerprint density at radius 3 is 2.71 bits per heavy atom. The van der Waals surface area contributed by atoms with E-state index in [4.69, 9.17) is 0 Å². The topological polar surface area (TPSA) is 32.3 Å². The van der Waals surface area contributed by atoms with Gasteiger partial charge in [0, 0.05) is 0 Å². The lowest BCUT2D eigenvalue weighted by Gasteiger charge is -2.04. The van der Waals surface area contributed by atoms with E-state index in [1.165, 1.54) is 6.42 Å². The van der Waals surface area contributed by atoms with Gasteiger partial charge in [-0.3, -0.25) is 0 Å². The molecule has 0 bridgehead atoms. The maximum Gasteiger partial charge on any atom is 0.118 e. The van der Waals surface area contributed by atoms with Gasteiger partial charge in [0.2, 0.25) is 0 Å². The lowest BCUT2D eigenvalue weighted by atomic mass is 10.1. The van der Waals surface area contributed by atoms with Crippen molar-refractivity contribution in [1.29, 1.82) is 0 Å². The standard InChI is InChI=1S/C12H19NO/c1-2-13-10-6-5-8-11-7-3-4-9-12(11)14/h3-4,7,9,13-14H,2,5-6,8,10H2,1H3. The second-order valence-corrected chi connectivity index (χ2v) is 3.44. The summed E-state index contributed by atoms with van der Waals surface area (Å²) in [7, 11) is 0. The van der Waals surface area contributed by atoms with Crippen molar-refractivity contribution in [1.82, 2.24) is 5.32 Å². The Balaban J connectivity index is 2.21. The molecule has 2 nitrogen and oxygen atoms in total. The van der Waals surface area contributed by atoms with E-state index in [-0.39, 0.29) is 0 Å². The van der Waals surface area contributed by atoms with Gasteiger partial charge in [-0.2, -0.15) is 0 Å². The van der Waals surface area contributed by atoms with E-state index in [2.05, 4.69) is 12.2 Å². The van der Waals surface area contributed by atoms with Gasteiger partial charge < -0.3 is 10.4 Å². The summed E-state index contributed by atoms with van der Waals surface area (Å²) in [6.45, 7) is 4.23. The molecule has 0 amide bonds. The molecule has 0 saturated carbocycles. The lowest BCUT2D eigenvalue weighted by molar-refractivity contribution is 0.466. The molecule has 1 aromatic rings. The van der Waals surface area contributed by atoms with E-state index < -0.39 is 0 Å². The highest BCUT2D eigenvalue weighted by molar-refractivity contribution is 5.31. The Morgan fingerprint density at radius 2 is 2.00 bits per heavy atom. The molecule has 0 aromatic heterocycles. The molecule has 1 rings (SSSR count). The molecule has 0 aliphatic heterocycles. The highest BCUT2D eigenvalue weighted by Crippen LogP contribution is 2.17. The highest BCUT2D eigenvalue weighted by Gasteiger charge is 1.98. The molecule has 0 spiro atoms. The number of phenols is 1. The van der Waals surface area contributed by atoms with Crippen LogP contribution in [0, 0.1) is 0 Å². The number of hydrogen-bond acceptors (Lipinski definition) is 2. The van der Waals surface area contributed by atoms with Crippen LogP contribution in [0.4, 0.5) is 0 Å². The average Bonchev–Trinajstić information content (AvgIpc) is 2.20. The van der Waals surface area contributed by atoms with E-state index >= 15 is 0 Å². The number of hydrogen-bond donors (Lipinski definition) is 2. The molecule has 2 heteroatoms. The van der Waals surface area contributed by atoms with Crippen molar-refractivity contribution < 1.29 is 5.11 Å². The zero-order chi connectivity index (χ0) is 10.2. The number of rotatable bonds is 6. The van der Waals surface area contributed by atoms with E-state index in [1.807, 2.05) is 18.2 Å². The number of phenolic OH excluding ortho intramolecular Hbond substituents is 1. The van der Waals surface area contributed by atoms with Crippen molar-refractivity contribution in [3.8, 4) is 5.75 Å². The fourth-order valence-electron chi connectivity index (χ4n) is 1.46. The molecule has 0 aliphatic carbocycles. The molecule has 78 valence electrons. The Bertz CT molecular complexity index is 260. The van der Waals surface area contributed by atoms with Crippen molar-refractivity contribution in [2.24, 2.45) is 0 Å². The van der Waals surface area contributed by atoms with E-state index in [1.54, 1.807) is 6.07 Å². The van der Waals surface area contributed by atoms with Gasteiger partial charge in [0.25, 0.3) is 0 Å². The first kappa shape index (κ1) is 11.1. The third-order valence-electron chi connectivity index (χ3n) is 2.29. The second-order valence-electron chi connectivity index (χ2n) is 3.44. The van der Waals surface area contributed by atoms with E-state index in [0.717, 1.165) is 31.5 Å². The fourth-order valence-corrected chi connectivity index (χ4v) is 1.46. The first-order chi connectivity index (χ1) is 6.84. The SMILES string of the molecule is CCNCCCCc1ccccc1O. The van der Waals surface area contributed by atoms with Crippen LogP contribution in [-0.4, -0.2) is 18.2 Å². The Labute approximate surface area is 86.0 Å². The number of nitrogens with one attached hydrogen (secondary N) is 1. The fraction of sp³-hybridized carbons (Fsp3) is 0.500. The minimum atomic E-state index is 0.427. The minimum Gasteiger partial charge on any atom is -0.508 e. The van der Waals surface area contributed by atoms with Crippen molar-refractivity contribution in [3.05, 3.63) is 29.8 Å². The third-order valence-corrected chi connectivity index (χ3v) is 2.29. The number of benzene rings is 1. The highest BCUT2D eigenvalue weighted by atomic mass is 16.3. The number of para-hydroxylation sites is 1. The Morgan fingerprint density at radius 1 is 1.21 bits per heavy atom. The molecule has 0 aliphatic rings. The summed E-state index contributed by atoms with van der Waals surface area (Å²) in [6, 6.07) is 7.57. The Hall–Kier alpha value is -1.02. The zero-order valence-electron chi connectivity index (χ0n) is 8.79. The van der Waals surface area contributed by atoms with Crippen LogP contribution in [0.5, 0.6) is 5.75 Å². The van der Waals surface area contributed by atoms with Crippen LogP contribution in [-0.2, 0) is 6.42 Å². The second kappa shape index (κ2) is 6.44. The van der Waals surface area contributed by atoms with Crippen LogP contribution in [0.25, 0.3) is 0 Å². The van der Waals surface area contributed by atoms with Crippen LogP contribution in [0.3, 0.4) is 0 Å². The first-order valence-corrected chi connectivity index (χ1v) is 5.32. The normalized spacial score (nSPS) is 10.4. The zero-order valence-corrected chi connectivity index (χ0v) is 8.79. The summed E-state index contributed by atoms with van der Waals surface area (Å²) < 4.78 is 0. The predicted molar refractivity (Wildman–Crippen MR) is 59.6 cm³/mol. The van der Waals surface area contributed by atoms with Gasteiger partial charge in [0.05, 0.1) is 0 Å². The van der Waals surface area contributed by atoms with E-state index in [0.29, 0.717) is 5.75 Å². The molecule has 0 unspecified atom stereocenters. The van der Waals surface area contributed by atoms with Crippen LogP contribution in [0.2, 0.25) is 0 Å². The molecule has 0 saturated heterocycles. The first-order valence-electron chi connectivity index (χ1n) is 5.32. The van der Waals surface area contributed by atoms with Gasteiger partial charge in [-0.1, -0.05) is 25.1 Å². The minimum absolute atomic E-state index is 0.427. The summed E-state index contributed by atoms with van der Waals surface area (Å²) in [6.07, 6.45) is 3.27. The Kier molecular flexibility index (Phi) is 5.08. The summed E-state index contributed by atoms with van der Waals surface area (Å²) in [4.78, 5) is 0. The van der Waals surface area contributed by atoms with Gasteiger partial charge in [-0.25, -0.2) is 0 Å². The number of unbranched alkanes of at least 4 members (excludes halogenated alkanes) is 1. The molecule has 1 aromatic carbocycles. The molecule has 0 heterocycles. The molecule has 0 radical (unpaired) electrons. The molecule has 0 fully saturated rings. The van der Waals surface area contributed by atoms with Crippen molar-refractivity contribution in [3.63, 3.8) is 0 Å². The maximum atomic E-state index is 9.50. The van der Waals surface area contributed by atoms with Crippen LogP contribution in [0.15, 0.2) is 24.3 Å². The molecule has 0 atom stereocenters. The van der Waals surface area contributed by atoms with Crippen molar-refractivity contribution >= 4 is 0 Å².